The molecule has 139 heavy (non-hydrogen) atoms. The van der Waals surface area contributed by atoms with E-state index in [0.717, 1.165) is 139 Å². The average molecular weight is 2180 g/mol. The van der Waals surface area contributed by atoms with Gasteiger partial charge in [-0.2, -0.15) is 0 Å². The topological polar surface area (TPSA) is 102 Å². The van der Waals surface area contributed by atoms with Gasteiger partial charge in [-0.1, -0.05) is 425 Å². The molecule has 0 fully saturated rings. The van der Waals surface area contributed by atoms with Gasteiger partial charge in [0.05, 0.1) is 44.6 Å². The molecule has 10 heteroatoms. The summed E-state index contributed by atoms with van der Waals surface area (Å²) in [5, 5.41) is 25.3. The van der Waals surface area contributed by atoms with Crippen molar-refractivity contribution in [1.82, 2.24) is 29.1 Å². The number of phenolic OH excluding ortho intramolecular Hbond substituents is 2. The van der Waals surface area contributed by atoms with E-state index in [1.807, 2.05) is 0 Å². The number of hydrogen-bond donors (Lipinski definition) is 2. The van der Waals surface area contributed by atoms with Gasteiger partial charge < -0.3 is 10.2 Å². The van der Waals surface area contributed by atoms with Crippen LogP contribution in [0, 0.1) is 12.1 Å². The second-order valence-electron chi connectivity index (χ2n) is 45.7. The number of imidazole rings is 2. The first-order valence-corrected chi connectivity index (χ1v) is 48.5. The van der Waals surface area contributed by atoms with Crippen molar-refractivity contribution in [3.05, 3.63) is 395 Å². The Bertz CT molecular complexity index is 7780. The van der Waals surface area contributed by atoms with Crippen LogP contribution in [0.4, 0.5) is 0 Å². The molecule has 0 unspecified atom stereocenters. The van der Waals surface area contributed by atoms with E-state index in [0.29, 0.717) is 22.8 Å². The van der Waals surface area contributed by atoms with Crippen LogP contribution in [0.25, 0.3) is 157 Å². The smallest absolute Gasteiger partial charge is 0.148 e. The van der Waals surface area contributed by atoms with Gasteiger partial charge >= 0.3 is 0 Å². The Morgan fingerprint density at radius 3 is 0.993 bits per heavy atom. The molecule has 14 aromatic carbocycles. The van der Waals surface area contributed by atoms with Crippen molar-refractivity contribution in [1.29, 1.82) is 0 Å². The minimum absolute atomic E-state index is 0. The summed E-state index contributed by atoms with van der Waals surface area (Å²) in [6.45, 7) is 53.9. The summed E-state index contributed by atoms with van der Waals surface area (Å²) in [5.41, 5.74) is 37.8. The van der Waals surface area contributed by atoms with Crippen molar-refractivity contribution in [2.45, 2.75) is 215 Å². The number of para-hydroxylation sites is 2. The fourth-order valence-corrected chi connectivity index (χ4v) is 20.6. The summed E-state index contributed by atoms with van der Waals surface area (Å²) in [7, 11) is 0. The van der Waals surface area contributed by atoms with Crippen LogP contribution >= 0.6 is 0 Å². The van der Waals surface area contributed by atoms with Gasteiger partial charge in [-0.25, -0.2) is 9.97 Å². The van der Waals surface area contributed by atoms with Gasteiger partial charge in [0.2, 0.25) is 0 Å². The summed E-state index contributed by atoms with van der Waals surface area (Å²) in [6, 6.07) is 117. The molecule has 2 N–H and O–H groups in total. The minimum Gasteiger partial charge on any atom is -0.507 e. The van der Waals surface area contributed by atoms with Crippen molar-refractivity contribution in [2.75, 3.05) is 0 Å². The summed E-state index contributed by atoms with van der Waals surface area (Å²) in [6.07, 6.45) is 4.11. The number of fused-ring (bicyclic) bond motifs is 8. The zero-order chi connectivity index (χ0) is 96.9. The van der Waals surface area contributed by atoms with E-state index in [2.05, 4.69) is 503 Å². The maximum Gasteiger partial charge on any atom is 0.148 e. The minimum atomic E-state index is -0.369. The molecule has 0 saturated carbocycles. The summed E-state index contributed by atoms with van der Waals surface area (Å²) in [4.78, 5) is 21.9. The Kier molecular flexibility index (Phi) is 25.5. The first kappa shape index (κ1) is 97.9. The molecule has 0 spiro atoms. The van der Waals surface area contributed by atoms with E-state index >= 15 is 0 Å². The van der Waals surface area contributed by atoms with Crippen LogP contribution in [0.3, 0.4) is 0 Å². The van der Waals surface area contributed by atoms with E-state index in [1.165, 1.54) is 61.2 Å². The summed E-state index contributed by atoms with van der Waals surface area (Å²) in [5.74, 6) is 1.86. The fourth-order valence-electron chi connectivity index (χ4n) is 20.6. The molecule has 2 aliphatic carbocycles. The molecule has 706 valence electrons. The van der Waals surface area contributed by atoms with Crippen LogP contribution in [0.2, 0.25) is 0 Å². The van der Waals surface area contributed by atoms with Crippen LogP contribution in [0.1, 0.15) is 233 Å². The zero-order valence-electron chi connectivity index (χ0n) is 84.7. The molecule has 0 radical (unpaired) electrons. The molecule has 20 rings (SSSR count). The van der Waals surface area contributed by atoms with Gasteiger partial charge in [0.15, 0.2) is 0 Å². The molecular formula is C129H126N6O2Pt2-2. The maximum absolute atomic E-state index is 12.7. The molecule has 0 aliphatic heterocycles. The molecule has 0 saturated heterocycles. The van der Waals surface area contributed by atoms with Crippen LogP contribution in [-0.2, 0) is 90.9 Å². The Morgan fingerprint density at radius 2 is 0.597 bits per heavy atom. The molecule has 0 bridgehead atoms. The Morgan fingerprint density at radius 1 is 0.259 bits per heavy atom. The van der Waals surface area contributed by atoms with Crippen molar-refractivity contribution in [3.8, 4) is 146 Å². The third-order valence-electron chi connectivity index (χ3n) is 28.9. The van der Waals surface area contributed by atoms with Gasteiger partial charge in [0.25, 0.3) is 0 Å². The molecule has 18 aromatic rings. The van der Waals surface area contributed by atoms with E-state index in [-0.39, 0.29) is 102 Å². The monoisotopic (exact) mass is 2180 g/mol. The third-order valence-corrected chi connectivity index (χ3v) is 28.9. The van der Waals surface area contributed by atoms with Gasteiger partial charge in [-0.3, -0.25) is 19.1 Å². The van der Waals surface area contributed by atoms with E-state index in [9.17, 15) is 10.2 Å². The first-order chi connectivity index (χ1) is 64.8. The van der Waals surface area contributed by atoms with Gasteiger partial charge in [0, 0.05) is 116 Å². The number of rotatable bonds is 13. The molecule has 0 amide bonds. The van der Waals surface area contributed by atoms with E-state index < -0.39 is 0 Å². The fraction of sp³-hybridized carbons (Fsp3) is 0.256. The second-order valence-corrected chi connectivity index (χ2v) is 45.7. The van der Waals surface area contributed by atoms with Crippen LogP contribution < -0.4 is 0 Å². The Hall–Kier alpha value is -12.7. The number of hydrogen-bond acceptors (Lipinski definition) is 6. The molecular weight excluding hydrogens is 2060 g/mol. The predicted molar refractivity (Wildman–Crippen MR) is 574 cm³/mol. The van der Waals surface area contributed by atoms with E-state index in [1.54, 1.807) is 0 Å². The summed E-state index contributed by atoms with van der Waals surface area (Å²) < 4.78 is 4.58. The molecule has 4 aromatic heterocycles. The number of pyridine rings is 2. The SMILES string of the molecule is CC(C)(C)c1ccc(-n2c(-c3cc(C(C)(C)C)cc(C(C)(C)C)c3O)nc3c(-c4[c-]c(-c5cc6c(cn5)-c5ccccc5C6(C)C)cc(-c5ccccc5)c4)cccc32)c(-c2ccccc2)c1.CC(C)(C)c1ccc(-n2c(-c3cc(C(C)(C)C)cc(C(C)(C)C)c3O)nc3c(-c4[c-]c(-c5cc6c(cn5)-c5ccccc5C6(C)C)cc(C(C)(C)c5ccccc5)c4)cccc32)c(-c2ccccc2)c1.[Pt].[Pt]. The van der Waals surface area contributed by atoms with Gasteiger partial charge in [-0.15, -0.1) is 53.1 Å². The molecule has 0 atom stereocenters. The largest absolute Gasteiger partial charge is 0.507 e. The molecule has 4 heterocycles. The van der Waals surface area contributed by atoms with Gasteiger partial charge in [0.1, 0.15) is 23.1 Å². The average Bonchev–Trinajstić information content (AvgIpc) is 1.59. The van der Waals surface area contributed by atoms with Crippen molar-refractivity contribution >= 4 is 22.1 Å². The normalized spacial score (nSPS) is 13.4. The zero-order valence-corrected chi connectivity index (χ0v) is 89.3. The maximum atomic E-state index is 12.7. The third kappa shape index (κ3) is 18.0. The molecule has 8 nitrogen and oxygen atoms in total. The van der Waals surface area contributed by atoms with Crippen molar-refractivity contribution in [3.63, 3.8) is 0 Å². The first-order valence-electron chi connectivity index (χ1n) is 48.5. The number of aromatic nitrogens is 6. The number of nitrogens with zero attached hydrogens (tertiary/aromatic N) is 6. The number of aromatic hydroxyl groups is 2. The van der Waals surface area contributed by atoms with Crippen LogP contribution in [0.15, 0.2) is 316 Å². The standard InChI is InChI=1S/C66H66N3O.C63H60N3O.2Pt/c1-62(2,3)45-31-32-57(50(36-45)41-23-16-14-17-24-41)69-58-30-22-28-48(59(58)68-61(69)51-37-46(63(4,5)6)38-55(60(51)70)64(7,8)9)42-33-43(35-47(34-42)65(10,11)44-25-18-15-19-26-44)56-39-54-52(40-67-56)49-27-20-21-29-53(49)66(54,12)13;1-60(2,3)44-29-30-55(48(34-44)40-23-16-13-17-24-40)66-56-28-20-26-46(57(56)65-59(66)49-35-45(61(4,5)6)36-53(58(49)67)62(7,8)9)42-31-41(39-21-14-12-15-22-39)32-43(33-42)54-37-52-50(38-64-54)47-25-18-19-27-51(47)63(52,10)11;;/h14-32,34-40,70H,1-13H3;12-32,34-38,67H,1-11H3;;/q2*-1;;. The number of phenols is 2. The van der Waals surface area contributed by atoms with Crippen molar-refractivity contribution < 1.29 is 52.3 Å². The van der Waals surface area contributed by atoms with Crippen molar-refractivity contribution in [2.24, 2.45) is 0 Å². The Labute approximate surface area is 852 Å². The van der Waals surface area contributed by atoms with E-state index in [4.69, 9.17) is 19.9 Å². The second kappa shape index (κ2) is 36.2. The quantitative estimate of drug-likeness (QED) is 0.112. The van der Waals surface area contributed by atoms with Crippen LogP contribution in [0.5, 0.6) is 11.5 Å². The Balaban J connectivity index is 0.000000189. The van der Waals surface area contributed by atoms with Crippen LogP contribution in [-0.4, -0.2) is 39.3 Å². The molecule has 2 aliphatic rings. The predicted octanol–water partition coefficient (Wildman–Crippen LogP) is 33.6. The summed E-state index contributed by atoms with van der Waals surface area (Å²) >= 11 is 0. The van der Waals surface area contributed by atoms with Gasteiger partial charge in [-0.05, 0) is 159 Å². The number of benzene rings is 14.